The Morgan fingerprint density at radius 2 is 1.58 bits per heavy atom. The first-order chi connectivity index (χ1) is 16.9. The molecular formula is C20H32N8O7S. The molecule has 15 nitrogen and oxygen atoms in total. The third-order valence-electron chi connectivity index (χ3n) is 4.91. The van der Waals surface area contributed by atoms with Crippen LogP contribution >= 0.6 is 11.8 Å². The van der Waals surface area contributed by atoms with Crippen molar-refractivity contribution in [2.75, 3.05) is 12.0 Å². The van der Waals surface area contributed by atoms with E-state index in [-0.39, 0.29) is 25.7 Å². The topological polar surface area (TPSA) is 265 Å². The van der Waals surface area contributed by atoms with Crippen LogP contribution in [0.1, 0.15) is 31.4 Å². The van der Waals surface area contributed by atoms with Gasteiger partial charge in [-0.05, 0) is 24.9 Å². The maximum atomic E-state index is 12.9. The maximum Gasteiger partial charge on any atom is 0.326 e. The number of carbonyl (C=O) groups is 6. The lowest BCUT2D eigenvalue weighted by Gasteiger charge is -2.24. The van der Waals surface area contributed by atoms with Gasteiger partial charge in [0.15, 0.2) is 0 Å². The first-order valence-electron chi connectivity index (χ1n) is 10.9. The minimum Gasteiger partial charge on any atom is -0.480 e. The van der Waals surface area contributed by atoms with E-state index < -0.39 is 66.1 Å². The number of nitrogens with two attached hydrogens (primary N) is 3. The molecule has 0 aliphatic carbocycles. The molecule has 0 fully saturated rings. The van der Waals surface area contributed by atoms with Gasteiger partial charge in [0.1, 0.15) is 18.1 Å². The maximum absolute atomic E-state index is 12.9. The van der Waals surface area contributed by atoms with Gasteiger partial charge in [-0.2, -0.15) is 11.8 Å². The number of imidazole rings is 1. The number of aromatic nitrogens is 2. The molecule has 0 aliphatic heterocycles. The van der Waals surface area contributed by atoms with Gasteiger partial charge in [-0.25, -0.2) is 9.78 Å². The Hall–Kier alpha value is -3.66. The first kappa shape index (κ1) is 30.4. The molecule has 36 heavy (non-hydrogen) atoms. The second-order valence-electron chi connectivity index (χ2n) is 7.87. The number of nitrogens with one attached hydrogen (secondary N) is 4. The Balaban J connectivity index is 2.97. The SMILES string of the molecule is CSCCC(NC(=O)C(CC(N)=O)NC(=O)C(CCC(N)=O)NC(=O)C(N)Cc1cnc[nH]1)C(=O)O. The van der Waals surface area contributed by atoms with Gasteiger partial charge in [0.25, 0.3) is 0 Å². The van der Waals surface area contributed by atoms with Crippen molar-refractivity contribution in [2.24, 2.45) is 17.2 Å². The largest absolute Gasteiger partial charge is 0.480 e. The quantitative estimate of drug-likeness (QED) is 0.0998. The van der Waals surface area contributed by atoms with Gasteiger partial charge in [0.05, 0.1) is 18.8 Å². The number of aromatic amines is 1. The molecule has 1 aromatic heterocycles. The molecule has 16 heteroatoms. The number of thioether (sulfide) groups is 1. The molecule has 0 aromatic carbocycles. The number of nitrogens with zero attached hydrogens (tertiary/aromatic N) is 1. The van der Waals surface area contributed by atoms with E-state index in [4.69, 9.17) is 17.2 Å². The molecule has 1 rings (SSSR count). The summed E-state index contributed by atoms with van der Waals surface area (Å²) in [5.74, 6) is -5.14. The van der Waals surface area contributed by atoms with Crippen molar-refractivity contribution in [2.45, 2.75) is 56.3 Å². The highest BCUT2D eigenvalue weighted by atomic mass is 32.2. The summed E-state index contributed by atoms with van der Waals surface area (Å²) in [7, 11) is 0. The number of carboxylic acids is 1. The van der Waals surface area contributed by atoms with Crippen molar-refractivity contribution in [3.8, 4) is 0 Å². The summed E-state index contributed by atoms with van der Waals surface area (Å²) >= 11 is 1.37. The Morgan fingerprint density at radius 1 is 0.972 bits per heavy atom. The molecule has 4 unspecified atom stereocenters. The van der Waals surface area contributed by atoms with E-state index in [2.05, 4.69) is 25.9 Å². The lowest BCUT2D eigenvalue weighted by Crippen LogP contribution is -2.58. The number of primary amides is 2. The monoisotopic (exact) mass is 528 g/mol. The van der Waals surface area contributed by atoms with Crippen molar-refractivity contribution in [1.29, 1.82) is 0 Å². The second kappa shape index (κ2) is 15.4. The van der Waals surface area contributed by atoms with E-state index >= 15 is 0 Å². The zero-order valence-corrected chi connectivity index (χ0v) is 20.5. The number of rotatable bonds is 17. The van der Waals surface area contributed by atoms with Crippen LogP contribution in [-0.2, 0) is 35.2 Å². The summed E-state index contributed by atoms with van der Waals surface area (Å²) in [6.07, 6.45) is 3.68. The van der Waals surface area contributed by atoms with E-state index in [9.17, 15) is 33.9 Å². The average Bonchev–Trinajstić information content (AvgIpc) is 3.30. The van der Waals surface area contributed by atoms with Crippen LogP contribution in [0.5, 0.6) is 0 Å². The molecule has 0 spiro atoms. The van der Waals surface area contributed by atoms with Crippen LogP contribution in [0.15, 0.2) is 12.5 Å². The number of hydrogen-bond acceptors (Lipinski definition) is 9. The van der Waals surface area contributed by atoms with E-state index in [1.54, 1.807) is 6.26 Å². The summed E-state index contributed by atoms with van der Waals surface area (Å²) < 4.78 is 0. The van der Waals surface area contributed by atoms with Gasteiger partial charge in [-0.15, -0.1) is 0 Å². The molecule has 1 heterocycles. The molecule has 1 aromatic rings. The van der Waals surface area contributed by atoms with Crippen molar-refractivity contribution in [3.05, 3.63) is 18.2 Å². The minimum atomic E-state index is -1.53. The van der Waals surface area contributed by atoms with Gasteiger partial charge in [-0.1, -0.05) is 0 Å². The highest BCUT2D eigenvalue weighted by Crippen LogP contribution is 2.05. The number of carboxylic acid groups (broad SMARTS) is 1. The minimum absolute atomic E-state index is 0.0787. The van der Waals surface area contributed by atoms with Gasteiger partial charge < -0.3 is 43.2 Å². The van der Waals surface area contributed by atoms with Crippen LogP contribution in [-0.4, -0.2) is 86.8 Å². The van der Waals surface area contributed by atoms with Crippen LogP contribution in [0.3, 0.4) is 0 Å². The second-order valence-corrected chi connectivity index (χ2v) is 8.85. The van der Waals surface area contributed by atoms with Gasteiger partial charge in [-0.3, -0.25) is 24.0 Å². The Morgan fingerprint density at radius 3 is 2.11 bits per heavy atom. The molecule has 0 bridgehead atoms. The van der Waals surface area contributed by atoms with Gasteiger partial charge >= 0.3 is 5.97 Å². The fraction of sp³-hybridized carbons (Fsp3) is 0.550. The molecule has 0 radical (unpaired) electrons. The molecule has 4 atom stereocenters. The lowest BCUT2D eigenvalue weighted by molar-refractivity contribution is -0.142. The fourth-order valence-electron chi connectivity index (χ4n) is 3.01. The summed E-state index contributed by atoms with van der Waals surface area (Å²) in [5.41, 5.74) is 16.8. The number of amides is 5. The first-order valence-corrected chi connectivity index (χ1v) is 12.3. The standard InChI is InChI=1S/C20H32N8O7S/c1-36-5-4-13(20(34)35)27-19(33)14(7-16(23)30)28-18(32)12(2-3-15(22)29)26-17(31)11(21)6-10-8-24-9-25-10/h8-9,11-14H,2-7,21H2,1H3,(H2,22,29)(H2,23,30)(H,24,25)(H,26,31)(H,27,33)(H,28,32)(H,34,35). The Labute approximate surface area is 211 Å². The predicted molar refractivity (Wildman–Crippen MR) is 129 cm³/mol. The van der Waals surface area contributed by atoms with E-state index in [1.165, 1.54) is 24.3 Å². The average molecular weight is 529 g/mol. The smallest absolute Gasteiger partial charge is 0.326 e. The lowest BCUT2D eigenvalue weighted by atomic mass is 10.1. The highest BCUT2D eigenvalue weighted by Gasteiger charge is 2.31. The summed E-state index contributed by atoms with van der Waals surface area (Å²) in [6.45, 7) is 0. The number of H-pyrrole nitrogens is 1. The van der Waals surface area contributed by atoms with Crippen molar-refractivity contribution >= 4 is 47.3 Å². The number of carbonyl (C=O) groups excluding carboxylic acids is 5. The third kappa shape index (κ3) is 11.2. The molecule has 5 amide bonds. The van der Waals surface area contributed by atoms with E-state index in [0.29, 0.717) is 11.4 Å². The van der Waals surface area contributed by atoms with Crippen molar-refractivity contribution < 1.29 is 33.9 Å². The highest BCUT2D eigenvalue weighted by molar-refractivity contribution is 7.98. The van der Waals surface area contributed by atoms with Crippen LogP contribution in [0, 0.1) is 0 Å². The summed E-state index contributed by atoms with van der Waals surface area (Å²) in [5, 5.41) is 16.3. The van der Waals surface area contributed by atoms with E-state index in [0.717, 1.165) is 0 Å². The number of aliphatic carboxylic acids is 1. The summed E-state index contributed by atoms with van der Waals surface area (Å²) in [4.78, 5) is 79.0. The summed E-state index contributed by atoms with van der Waals surface area (Å²) in [6, 6.07) is -5.21. The van der Waals surface area contributed by atoms with Gasteiger partial charge in [0, 0.05) is 24.7 Å². The van der Waals surface area contributed by atoms with Crippen LogP contribution in [0.4, 0.5) is 0 Å². The molecule has 0 saturated heterocycles. The zero-order valence-electron chi connectivity index (χ0n) is 19.7. The number of hydrogen-bond donors (Lipinski definition) is 8. The van der Waals surface area contributed by atoms with Crippen LogP contribution < -0.4 is 33.2 Å². The Kier molecular flexibility index (Phi) is 13.0. The predicted octanol–water partition coefficient (Wildman–Crippen LogP) is -3.29. The molecule has 200 valence electrons. The normalized spacial score (nSPS) is 14.1. The van der Waals surface area contributed by atoms with Crippen LogP contribution in [0.2, 0.25) is 0 Å². The molecule has 0 saturated carbocycles. The van der Waals surface area contributed by atoms with Crippen molar-refractivity contribution in [1.82, 2.24) is 25.9 Å². The third-order valence-corrected chi connectivity index (χ3v) is 5.55. The van der Waals surface area contributed by atoms with Gasteiger partial charge in [0.2, 0.25) is 29.5 Å². The molecule has 11 N–H and O–H groups in total. The molecular weight excluding hydrogens is 496 g/mol. The fourth-order valence-corrected chi connectivity index (χ4v) is 3.48. The van der Waals surface area contributed by atoms with Crippen molar-refractivity contribution in [3.63, 3.8) is 0 Å². The molecule has 0 aliphatic rings. The van der Waals surface area contributed by atoms with Crippen LogP contribution in [0.25, 0.3) is 0 Å². The van der Waals surface area contributed by atoms with E-state index in [1.807, 2.05) is 0 Å². The Bertz CT molecular complexity index is 927. The zero-order chi connectivity index (χ0) is 27.3.